The van der Waals surface area contributed by atoms with Gasteiger partial charge in [-0.2, -0.15) is 0 Å². The maximum absolute atomic E-state index is 12.4. The number of carbonyl (C=O) groups is 3. The van der Waals surface area contributed by atoms with Crippen molar-refractivity contribution in [1.29, 1.82) is 0 Å². The lowest BCUT2D eigenvalue weighted by atomic mass is 9.81. The lowest BCUT2D eigenvalue weighted by Crippen LogP contribution is -2.34. The number of carbonyl (C=O) groups excluding carboxylic acids is 3. The highest BCUT2D eigenvalue weighted by Gasteiger charge is 2.47. The zero-order valence-electron chi connectivity index (χ0n) is 13.4. The number of rotatable bonds is 5. The first-order valence-corrected chi connectivity index (χ1v) is 9.43. The van der Waals surface area contributed by atoms with Crippen molar-refractivity contribution >= 4 is 34.2 Å². The molecule has 3 fully saturated rings. The fourth-order valence-corrected chi connectivity index (χ4v) is 4.56. The number of hydrogen-bond acceptors (Lipinski definition) is 6. The minimum absolute atomic E-state index is 0.0931. The van der Waals surface area contributed by atoms with Crippen LogP contribution in [0.25, 0.3) is 0 Å². The van der Waals surface area contributed by atoms with E-state index in [2.05, 4.69) is 15.5 Å². The van der Waals surface area contributed by atoms with Crippen LogP contribution in [0.5, 0.6) is 0 Å². The van der Waals surface area contributed by atoms with E-state index in [4.69, 9.17) is 0 Å². The van der Waals surface area contributed by atoms with Gasteiger partial charge >= 0.3 is 0 Å². The van der Waals surface area contributed by atoms with E-state index in [-0.39, 0.29) is 42.5 Å². The maximum atomic E-state index is 12.4. The van der Waals surface area contributed by atoms with Crippen molar-refractivity contribution in [2.75, 3.05) is 11.9 Å². The molecule has 0 radical (unpaired) electrons. The molecule has 0 spiro atoms. The van der Waals surface area contributed by atoms with Gasteiger partial charge in [0.05, 0.1) is 11.8 Å². The molecule has 7 nitrogen and oxygen atoms in total. The summed E-state index contributed by atoms with van der Waals surface area (Å²) in [6.07, 6.45) is 6.01. The molecule has 2 atom stereocenters. The molecule has 0 bridgehead atoms. The molecule has 2 aliphatic carbocycles. The van der Waals surface area contributed by atoms with Crippen molar-refractivity contribution in [2.24, 2.45) is 11.8 Å². The second-order valence-electron chi connectivity index (χ2n) is 6.84. The van der Waals surface area contributed by atoms with E-state index in [0.717, 1.165) is 43.5 Å². The van der Waals surface area contributed by atoms with E-state index in [0.29, 0.717) is 11.0 Å². The van der Waals surface area contributed by atoms with Gasteiger partial charge in [0.1, 0.15) is 5.01 Å². The van der Waals surface area contributed by atoms with E-state index in [1.165, 1.54) is 16.2 Å². The van der Waals surface area contributed by atoms with Gasteiger partial charge in [0, 0.05) is 18.9 Å². The van der Waals surface area contributed by atoms with Gasteiger partial charge in [0.25, 0.3) is 0 Å². The molecular weight excluding hydrogens is 328 g/mol. The normalized spacial score (nSPS) is 26.6. The third-order valence-electron chi connectivity index (χ3n) is 5.11. The Morgan fingerprint density at radius 2 is 1.75 bits per heavy atom. The lowest BCUT2D eigenvalue weighted by Gasteiger charge is -2.19. The quantitative estimate of drug-likeness (QED) is 0.821. The smallest absolute Gasteiger partial charge is 0.233 e. The monoisotopic (exact) mass is 348 g/mol. The van der Waals surface area contributed by atoms with Gasteiger partial charge in [-0.05, 0) is 25.7 Å². The molecule has 24 heavy (non-hydrogen) atoms. The van der Waals surface area contributed by atoms with Gasteiger partial charge < -0.3 is 5.32 Å². The van der Waals surface area contributed by atoms with Crippen LogP contribution in [-0.2, 0) is 14.4 Å². The molecule has 0 aromatic carbocycles. The average Bonchev–Trinajstić information content (AvgIpc) is 3.29. The zero-order chi connectivity index (χ0) is 16.7. The van der Waals surface area contributed by atoms with E-state index in [1.807, 2.05) is 0 Å². The number of amides is 3. The molecule has 3 aliphatic rings. The average molecular weight is 348 g/mol. The van der Waals surface area contributed by atoms with Crippen molar-refractivity contribution in [3.63, 3.8) is 0 Å². The first-order chi connectivity index (χ1) is 11.6. The molecule has 1 aliphatic heterocycles. The standard InChI is InChI=1S/C16H20N4O3S/c21-12(17-16-19-18-13(24-16)9-5-6-9)7-8-20-14(22)10-3-1-2-4-11(10)15(20)23/h9-11H,1-8H2,(H,17,19,21). The fourth-order valence-electron chi connectivity index (χ4n) is 3.63. The SMILES string of the molecule is O=C(CCN1C(=O)C2CCCCC2C1=O)Nc1nnc(C2CC2)s1. The van der Waals surface area contributed by atoms with Crippen molar-refractivity contribution in [2.45, 2.75) is 50.9 Å². The number of nitrogens with one attached hydrogen (secondary N) is 1. The number of hydrogen-bond donors (Lipinski definition) is 1. The van der Waals surface area contributed by atoms with Crippen LogP contribution in [0.15, 0.2) is 0 Å². The van der Waals surface area contributed by atoms with Crippen LogP contribution in [-0.4, -0.2) is 39.4 Å². The summed E-state index contributed by atoms with van der Waals surface area (Å²) in [5, 5.41) is 12.2. The Balaban J connectivity index is 1.31. The summed E-state index contributed by atoms with van der Waals surface area (Å²) in [4.78, 5) is 38.1. The summed E-state index contributed by atoms with van der Waals surface area (Å²) in [6.45, 7) is 0.158. The van der Waals surface area contributed by atoms with Crippen molar-refractivity contribution < 1.29 is 14.4 Å². The Bertz CT molecular complexity index is 661. The number of anilines is 1. The summed E-state index contributed by atoms with van der Waals surface area (Å²) in [5.74, 6) is -0.216. The first-order valence-electron chi connectivity index (χ1n) is 8.62. The summed E-state index contributed by atoms with van der Waals surface area (Å²) < 4.78 is 0. The summed E-state index contributed by atoms with van der Waals surface area (Å²) in [7, 11) is 0. The maximum Gasteiger partial charge on any atom is 0.233 e. The highest BCUT2D eigenvalue weighted by Crippen LogP contribution is 2.42. The molecule has 2 heterocycles. The van der Waals surface area contributed by atoms with Gasteiger partial charge in [-0.1, -0.05) is 24.2 Å². The Hall–Kier alpha value is -1.83. The number of aromatic nitrogens is 2. The van der Waals surface area contributed by atoms with Gasteiger partial charge in [0.2, 0.25) is 22.9 Å². The van der Waals surface area contributed by atoms with Crippen molar-refractivity contribution in [1.82, 2.24) is 15.1 Å². The van der Waals surface area contributed by atoms with Crippen LogP contribution >= 0.6 is 11.3 Å². The minimum atomic E-state index is -0.232. The van der Waals surface area contributed by atoms with Crippen LogP contribution in [0.1, 0.15) is 55.9 Å². The molecule has 1 aromatic heterocycles. The van der Waals surface area contributed by atoms with Crippen LogP contribution in [0, 0.1) is 11.8 Å². The molecular formula is C16H20N4O3S. The Morgan fingerprint density at radius 3 is 2.38 bits per heavy atom. The van der Waals surface area contributed by atoms with E-state index < -0.39 is 0 Å². The topological polar surface area (TPSA) is 92.3 Å². The first kappa shape index (κ1) is 15.7. The second kappa shape index (κ2) is 6.23. The fraction of sp³-hybridized carbons (Fsp3) is 0.688. The van der Waals surface area contributed by atoms with Crippen LogP contribution in [0.2, 0.25) is 0 Å². The summed E-state index contributed by atoms with van der Waals surface area (Å²) in [5.41, 5.74) is 0. The minimum Gasteiger partial charge on any atom is -0.300 e. The van der Waals surface area contributed by atoms with Gasteiger partial charge in [0.15, 0.2) is 0 Å². The Kier molecular flexibility index (Phi) is 4.07. The number of likely N-dealkylation sites (tertiary alicyclic amines) is 1. The zero-order valence-corrected chi connectivity index (χ0v) is 14.2. The molecule has 3 amide bonds. The highest BCUT2D eigenvalue weighted by molar-refractivity contribution is 7.15. The van der Waals surface area contributed by atoms with Gasteiger partial charge in [-0.3, -0.25) is 19.3 Å². The van der Waals surface area contributed by atoms with Crippen molar-refractivity contribution in [3.8, 4) is 0 Å². The molecule has 2 saturated carbocycles. The van der Waals surface area contributed by atoms with Gasteiger partial charge in [-0.25, -0.2) is 0 Å². The Morgan fingerprint density at radius 1 is 1.08 bits per heavy atom. The predicted octanol–water partition coefficient (Wildman–Crippen LogP) is 1.92. The van der Waals surface area contributed by atoms with Crippen LogP contribution < -0.4 is 5.32 Å². The van der Waals surface area contributed by atoms with Gasteiger partial charge in [-0.15, -0.1) is 10.2 Å². The van der Waals surface area contributed by atoms with E-state index in [1.54, 1.807) is 0 Å². The second-order valence-corrected chi connectivity index (χ2v) is 7.85. The molecule has 1 N–H and O–H groups in total. The molecule has 8 heteroatoms. The van der Waals surface area contributed by atoms with Crippen LogP contribution in [0.4, 0.5) is 5.13 Å². The van der Waals surface area contributed by atoms with E-state index >= 15 is 0 Å². The molecule has 1 saturated heterocycles. The van der Waals surface area contributed by atoms with Crippen molar-refractivity contribution in [3.05, 3.63) is 5.01 Å². The lowest BCUT2D eigenvalue weighted by molar-refractivity contribution is -0.140. The molecule has 4 rings (SSSR count). The molecule has 1 aromatic rings. The Labute approximate surface area is 143 Å². The summed E-state index contributed by atoms with van der Waals surface area (Å²) in [6, 6.07) is 0. The van der Waals surface area contributed by atoms with E-state index in [9.17, 15) is 14.4 Å². The third kappa shape index (κ3) is 2.94. The third-order valence-corrected chi connectivity index (χ3v) is 6.11. The van der Waals surface area contributed by atoms with Crippen LogP contribution in [0.3, 0.4) is 0 Å². The predicted molar refractivity (Wildman–Crippen MR) is 87.3 cm³/mol. The number of imide groups is 1. The molecule has 128 valence electrons. The molecule has 2 unspecified atom stereocenters. The largest absolute Gasteiger partial charge is 0.300 e. The number of fused-ring (bicyclic) bond motifs is 1. The highest BCUT2D eigenvalue weighted by atomic mass is 32.1. The number of nitrogens with zero attached hydrogens (tertiary/aromatic N) is 3. The summed E-state index contributed by atoms with van der Waals surface area (Å²) >= 11 is 1.41.